The van der Waals surface area contributed by atoms with Crippen molar-refractivity contribution in [1.82, 2.24) is 0 Å². The van der Waals surface area contributed by atoms with Crippen LogP contribution in [0.5, 0.6) is 0 Å². The number of nitrogens with zero attached hydrogens (tertiary/aromatic N) is 1. The second kappa shape index (κ2) is 6.91. The number of nitrogens with one attached hydrogen (secondary N) is 1. The van der Waals surface area contributed by atoms with E-state index >= 15 is 0 Å². The van der Waals surface area contributed by atoms with Crippen LogP contribution in [0.25, 0.3) is 0 Å². The summed E-state index contributed by atoms with van der Waals surface area (Å²) in [5, 5.41) is 12.0. The van der Waals surface area contributed by atoms with Crippen LogP contribution in [0.4, 0.5) is 11.4 Å². The van der Waals surface area contributed by atoms with Gasteiger partial charge >= 0.3 is 5.97 Å². The monoisotopic (exact) mass is 416 g/mol. The van der Waals surface area contributed by atoms with Crippen LogP contribution in [-0.4, -0.2) is 28.8 Å². The lowest BCUT2D eigenvalue weighted by Gasteiger charge is -2.17. The molecule has 2 aliphatic carbocycles. The van der Waals surface area contributed by atoms with E-state index in [0.29, 0.717) is 22.5 Å². The van der Waals surface area contributed by atoms with Gasteiger partial charge in [0.1, 0.15) is 0 Å². The number of anilines is 2. The lowest BCUT2D eigenvalue weighted by molar-refractivity contribution is -0.123. The normalized spacial score (nSPS) is 25.8. The Morgan fingerprint density at radius 1 is 0.968 bits per heavy atom. The molecule has 0 aromatic heterocycles. The number of hydrogen-bond donors (Lipinski definition) is 2. The van der Waals surface area contributed by atoms with E-state index in [2.05, 4.69) is 17.5 Å². The third kappa shape index (κ3) is 2.88. The average Bonchev–Trinajstić information content (AvgIpc) is 3.43. The molecule has 156 valence electrons. The standard InChI is InChI=1S/C24H20N2O5/c1-12-17(24(30)31)3-2-4-18(12)25-21(27)13-7-9-16(10-8-13)26-22(28)19-14-5-6-15(11-14)20(19)23(26)29/h2-10,14-15,19-20H,11H2,1H3,(H,25,27)(H,30,31)/t14-,15+,19-,20+. The van der Waals surface area contributed by atoms with E-state index < -0.39 is 11.9 Å². The highest BCUT2D eigenvalue weighted by molar-refractivity contribution is 6.23. The lowest BCUT2D eigenvalue weighted by Crippen LogP contribution is -2.32. The van der Waals surface area contributed by atoms with Gasteiger partial charge in [-0.15, -0.1) is 0 Å². The number of carbonyl (C=O) groups excluding carboxylic acids is 3. The first kappa shape index (κ1) is 19.2. The number of carbonyl (C=O) groups is 4. The van der Waals surface area contributed by atoms with Crippen molar-refractivity contribution in [2.75, 3.05) is 10.2 Å². The quantitative estimate of drug-likeness (QED) is 0.588. The zero-order valence-corrected chi connectivity index (χ0v) is 16.7. The Morgan fingerprint density at radius 3 is 2.16 bits per heavy atom. The molecular weight excluding hydrogens is 396 g/mol. The van der Waals surface area contributed by atoms with Gasteiger partial charge in [0.2, 0.25) is 11.8 Å². The van der Waals surface area contributed by atoms with Gasteiger partial charge in [0.25, 0.3) is 5.91 Å². The molecule has 0 unspecified atom stereocenters. The van der Waals surface area contributed by atoms with Crippen molar-refractivity contribution >= 4 is 35.1 Å². The Balaban J connectivity index is 1.35. The maximum absolute atomic E-state index is 12.9. The Hall–Kier alpha value is -3.74. The van der Waals surface area contributed by atoms with Gasteiger partial charge in [-0.25, -0.2) is 4.79 Å². The molecule has 1 saturated carbocycles. The summed E-state index contributed by atoms with van der Waals surface area (Å²) in [6.07, 6.45) is 4.98. The van der Waals surface area contributed by atoms with E-state index in [1.807, 2.05) is 0 Å². The maximum atomic E-state index is 12.9. The first-order valence-corrected chi connectivity index (χ1v) is 10.2. The van der Waals surface area contributed by atoms with Crippen molar-refractivity contribution in [3.63, 3.8) is 0 Å². The Kier molecular flexibility index (Phi) is 4.28. The lowest BCUT2D eigenvalue weighted by atomic mass is 9.85. The van der Waals surface area contributed by atoms with E-state index in [1.165, 1.54) is 11.0 Å². The van der Waals surface area contributed by atoms with Crippen LogP contribution in [0.2, 0.25) is 0 Å². The number of imide groups is 1. The molecule has 5 rings (SSSR count). The molecule has 1 heterocycles. The van der Waals surface area contributed by atoms with Crippen LogP contribution in [-0.2, 0) is 9.59 Å². The zero-order valence-electron chi connectivity index (χ0n) is 16.7. The number of fused-ring (bicyclic) bond motifs is 5. The molecule has 2 bridgehead atoms. The van der Waals surface area contributed by atoms with Crippen molar-refractivity contribution in [3.8, 4) is 0 Å². The summed E-state index contributed by atoms with van der Waals surface area (Å²) in [5.41, 5.74) is 1.79. The molecule has 2 fully saturated rings. The number of carboxylic acid groups (broad SMARTS) is 1. The van der Waals surface area contributed by atoms with Crippen molar-refractivity contribution in [2.45, 2.75) is 13.3 Å². The molecule has 2 aromatic carbocycles. The minimum atomic E-state index is -1.06. The second-order valence-corrected chi connectivity index (χ2v) is 8.30. The number of benzene rings is 2. The summed E-state index contributed by atoms with van der Waals surface area (Å²) < 4.78 is 0. The number of aromatic carboxylic acids is 1. The smallest absolute Gasteiger partial charge is 0.336 e. The van der Waals surface area contributed by atoms with Crippen LogP contribution in [0.3, 0.4) is 0 Å². The summed E-state index contributed by atoms with van der Waals surface area (Å²) in [6.45, 7) is 1.63. The largest absolute Gasteiger partial charge is 0.478 e. The van der Waals surface area contributed by atoms with Crippen LogP contribution in [0.1, 0.15) is 32.7 Å². The van der Waals surface area contributed by atoms with E-state index in [9.17, 15) is 24.3 Å². The molecule has 3 amide bonds. The predicted molar refractivity (Wildman–Crippen MR) is 113 cm³/mol. The van der Waals surface area contributed by atoms with Gasteiger partial charge in [0, 0.05) is 11.3 Å². The van der Waals surface area contributed by atoms with Crippen molar-refractivity contribution in [1.29, 1.82) is 0 Å². The molecule has 1 saturated heterocycles. The van der Waals surface area contributed by atoms with Gasteiger partial charge < -0.3 is 10.4 Å². The van der Waals surface area contributed by atoms with Crippen LogP contribution < -0.4 is 10.2 Å². The molecule has 2 aromatic rings. The average molecular weight is 416 g/mol. The fourth-order valence-corrected chi connectivity index (χ4v) is 5.12. The van der Waals surface area contributed by atoms with Crippen LogP contribution >= 0.6 is 0 Å². The molecule has 31 heavy (non-hydrogen) atoms. The highest BCUT2D eigenvalue weighted by Gasteiger charge is 2.59. The van der Waals surface area contributed by atoms with Crippen molar-refractivity contribution in [2.24, 2.45) is 23.7 Å². The zero-order chi connectivity index (χ0) is 21.9. The van der Waals surface area contributed by atoms with E-state index in [0.717, 1.165) is 6.42 Å². The first-order chi connectivity index (χ1) is 14.9. The minimum absolute atomic E-state index is 0.119. The summed E-state index contributed by atoms with van der Waals surface area (Å²) >= 11 is 0. The number of rotatable bonds is 4. The molecule has 7 heteroatoms. The van der Waals surface area contributed by atoms with Gasteiger partial charge in [0.05, 0.1) is 23.1 Å². The minimum Gasteiger partial charge on any atom is -0.478 e. The van der Waals surface area contributed by atoms with E-state index in [4.69, 9.17) is 0 Å². The Morgan fingerprint density at radius 2 is 1.58 bits per heavy atom. The fourth-order valence-electron chi connectivity index (χ4n) is 5.12. The summed E-state index contributed by atoms with van der Waals surface area (Å²) in [4.78, 5) is 51.0. The fraction of sp³-hybridized carbons (Fsp3) is 0.250. The molecule has 0 spiro atoms. The van der Waals surface area contributed by atoms with Gasteiger partial charge in [-0.2, -0.15) is 0 Å². The topological polar surface area (TPSA) is 104 Å². The third-order valence-electron chi connectivity index (χ3n) is 6.67. The maximum Gasteiger partial charge on any atom is 0.336 e. The third-order valence-corrected chi connectivity index (χ3v) is 6.67. The van der Waals surface area contributed by atoms with Gasteiger partial charge in [-0.1, -0.05) is 18.2 Å². The predicted octanol–water partition coefficient (Wildman–Crippen LogP) is 3.26. The van der Waals surface area contributed by atoms with E-state index in [-0.39, 0.29) is 41.0 Å². The molecule has 1 aliphatic heterocycles. The summed E-state index contributed by atoms with van der Waals surface area (Å²) in [5.74, 6) is -2.04. The molecule has 4 atom stereocenters. The van der Waals surface area contributed by atoms with E-state index in [1.54, 1.807) is 43.3 Å². The Labute approximate surface area is 178 Å². The van der Waals surface area contributed by atoms with Crippen LogP contribution in [0.15, 0.2) is 54.6 Å². The summed E-state index contributed by atoms with van der Waals surface area (Å²) in [7, 11) is 0. The van der Waals surface area contributed by atoms with Crippen molar-refractivity contribution in [3.05, 3.63) is 71.3 Å². The molecular formula is C24H20N2O5. The molecule has 2 N–H and O–H groups in total. The highest BCUT2D eigenvalue weighted by Crippen LogP contribution is 2.53. The summed E-state index contributed by atoms with van der Waals surface area (Å²) in [6, 6.07) is 11.0. The SMILES string of the molecule is Cc1c(NC(=O)c2ccc(N3C(=O)[C@@H]4[C@H](C3=O)[C@@H]3C=C[C@H]4C3)cc2)cccc1C(=O)O. The number of carboxylic acids is 1. The molecule has 3 aliphatic rings. The molecule has 7 nitrogen and oxygen atoms in total. The second-order valence-electron chi connectivity index (χ2n) is 8.30. The first-order valence-electron chi connectivity index (χ1n) is 10.2. The number of allylic oxidation sites excluding steroid dienone is 2. The van der Waals surface area contributed by atoms with Gasteiger partial charge in [0.15, 0.2) is 0 Å². The van der Waals surface area contributed by atoms with Gasteiger partial charge in [-0.3, -0.25) is 19.3 Å². The number of amides is 3. The number of hydrogen-bond acceptors (Lipinski definition) is 4. The Bertz CT molecular complexity index is 1140. The highest BCUT2D eigenvalue weighted by atomic mass is 16.4. The van der Waals surface area contributed by atoms with Gasteiger partial charge in [-0.05, 0) is 67.1 Å². The van der Waals surface area contributed by atoms with Crippen molar-refractivity contribution < 1.29 is 24.3 Å². The molecule has 0 radical (unpaired) electrons. The van der Waals surface area contributed by atoms with Crippen LogP contribution in [0, 0.1) is 30.6 Å².